The lowest BCUT2D eigenvalue weighted by atomic mass is 9.78. The molecule has 0 radical (unpaired) electrons. The van der Waals surface area contributed by atoms with E-state index in [4.69, 9.17) is 19.3 Å². The summed E-state index contributed by atoms with van der Waals surface area (Å²) >= 11 is 0. The van der Waals surface area contributed by atoms with Crippen LogP contribution in [0, 0.1) is 0 Å². The summed E-state index contributed by atoms with van der Waals surface area (Å²) in [5.41, 5.74) is 8.57. The average Bonchev–Trinajstić information content (AvgIpc) is 3.27. The Hall–Kier alpha value is -4.58. The average molecular weight is 561 g/mol. The van der Waals surface area contributed by atoms with Crippen molar-refractivity contribution in [1.29, 1.82) is 0 Å². The largest absolute Gasteiger partial charge is 0.494 e. The molecule has 5 aromatic carbocycles. The number of hydrogen-bond donors (Lipinski definition) is 0. The van der Waals surface area contributed by atoms with Gasteiger partial charge in [-0.25, -0.2) is 9.97 Å². The van der Waals surface area contributed by atoms with Crippen LogP contribution in [-0.2, 0) is 9.31 Å². The smallest absolute Gasteiger partial charge is 0.399 e. The molecule has 0 amide bonds. The molecule has 7 rings (SSSR count). The first kappa shape index (κ1) is 27.3. The first-order valence-electron chi connectivity index (χ1n) is 14.8. The van der Waals surface area contributed by atoms with Gasteiger partial charge in [0, 0.05) is 16.5 Å². The molecule has 0 saturated carbocycles. The molecule has 5 heteroatoms. The highest BCUT2D eigenvalue weighted by Gasteiger charge is 2.51. The monoisotopic (exact) mass is 560 g/mol. The van der Waals surface area contributed by atoms with E-state index in [1.807, 2.05) is 24.3 Å². The lowest BCUT2D eigenvalue weighted by Crippen LogP contribution is -2.41. The fourth-order valence-electron chi connectivity index (χ4n) is 5.55. The molecular weight excluding hydrogens is 527 g/mol. The third-order valence-corrected chi connectivity index (χ3v) is 8.72. The molecule has 6 aromatic rings. The Labute approximate surface area is 253 Å². The first-order valence-corrected chi connectivity index (χ1v) is 14.8. The topological polar surface area (TPSA) is 44.2 Å². The minimum absolute atomic E-state index is 0.388. The summed E-state index contributed by atoms with van der Waals surface area (Å²) in [6.45, 7) is 8.30. The van der Waals surface area contributed by atoms with Crippen LogP contribution < -0.4 is 5.46 Å². The van der Waals surface area contributed by atoms with Crippen molar-refractivity contribution in [1.82, 2.24) is 9.97 Å². The van der Waals surface area contributed by atoms with Gasteiger partial charge in [0.15, 0.2) is 5.82 Å². The van der Waals surface area contributed by atoms with Crippen LogP contribution in [-0.4, -0.2) is 28.3 Å². The van der Waals surface area contributed by atoms with Gasteiger partial charge < -0.3 is 9.31 Å². The van der Waals surface area contributed by atoms with Crippen molar-refractivity contribution in [3.05, 3.63) is 127 Å². The summed E-state index contributed by atoms with van der Waals surface area (Å²) in [6, 6.07) is 44.1. The molecule has 0 bridgehead atoms. The van der Waals surface area contributed by atoms with Crippen LogP contribution in [0.2, 0.25) is 0 Å². The van der Waals surface area contributed by atoms with Gasteiger partial charge in [0.2, 0.25) is 0 Å². The highest BCUT2D eigenvalue weighted by Crippen LogP contribution is 2.37. The zero-order chi connectivity index (χ0) is 29.6. The van der Waals surface area contributed by atoms with Crippen molar-refractivity contribution in [3.8, 4) is 44.9 Å². The van der Waals surface area contributed by atoms with Crippen molar-refractivity contribution >= 4 is 23.5 Å². The molecule has 210 valence electrons. The van der Waals surface area contributed by atoms with Crippen LogP contribution in [0.5, 0.6) is 0 Å². The maximum absolute atomic E-state index is 6.29. The zero-order valence-corrected chi connectivity index (χ0v) is 24.9. The second-order valence-corrected chi connectivity index (χ2v) is 12.2. The van der Waals surface area contributed by atoms with Gasteiger partial charge in [-0.05, 0) is 79.7 Å². The predicted molar refractivity (Wildman–Crippen MR) is 177 cm³/mol. The van der Waals surface area contributed by atoms with Crippen LogP contribution in [0.15, 0.2) is 127 Å². The highest BCUT2D eigenvalue weighted by molar-refractivity contribution is 6.62. The van der Waals surface area contributed by atoms with E-state index in [0.29, 0.717) is 5.82 Å². The maximum atomic E-state index is 6.29. The van der Waals surface area contributed by atoms with Crippen molar-refractivity contribution in [2.45, 2.75) is 38.9 Å². The summed E-state index contributed by atoms with van der Waals surface area (Å²) in [7, 11) is -0.408. The molecule has 43 heavy (non-hydrogen) atoms. The van der Waals surface area contributed by atoms with E-state index in [1.54, 1.807) is 0 Å². The number of para-hydroxylation sites is 1. The number of aromatic nitrogens is 2. The van der Waals surface area contributed by atoms with Crippen LogP contribution >= 0.6 is 0 Å². The molecule has 0 aliphatic carbocycles. The Balaban J connectivity index is 1.34. The van der Waals surface area contributed by atoms with Crippen LogP contribution in [0.4, 0.5) is 0 Å². The molecule has 1 aromatic heterocycles. The molecule has 0 unspecified atom stereocenters. The third-order valence-electron chi connectivity index (χ3n) is 8.72. The lowest BCUT2D eigenvalue weighted by Gasteiger charge is -2.32. The summed E-state index contributed by atoms with van der Waals surface area (Å²) in [6.07, 6.45) is 0. The molecule has 0 N–H and O–H groups in total. The quantitative estimate of drug-likeness (QED) is 0.198. The standard InChI is InChI=1S/C38H33BN2O2/c1-37(2)38(3,4)43-39(42-37)32-21-19-28(20-22-32)35-33-17-11-12-18-34(33)40-36(41-35)31-24-29(26-13-7-5-8-14-26)23-30(25-31)27-15-9-6-10-16-27/h5-25H,1-4H3. The summed E-state index contributed by atoms with van der Waals surface area (Å²) in [5.74, 6) is 0.693. The van der Waals surface area contributed by atoms with Crippen LogP contribution in [0.25, 0.3) is 55.8 Å². The van der Waals surface area contributed by atoms with Crippen molar-refractivity contribution in [3.63, 3.8) is 0 Å². The van der Waals surface area contributed by atoms with Crippen molar-refractivity contribution in [2.24, 2.45) is 0 Å². The van der Waals surface area contributed by atoms with E-state index in [2.05, 4.69) is 131 Å². The van der Waals surface area contributed by atoms with Crippen molar-refractivity contribution < 1.29 is 9.31 Å². The van der Waals surface area contributed by atoms with E-state index < -0.39 is 7.12 Å². The molecule has 1 saturated heterocycles. The molecule has 1 aliphatic rings. The van der Waals surface area contributed by atoms with Gasteiger partial charge in [-0.1, -0.05) is 103 Å². The van der Waals surface area contributed by atoms with Crippen molar-refractivity contribution in [2.75, 3.05) is 0 Å². The Morgan fingerprint density at radius 2 is 1.00 bits per heavy atom. The summed E-state index contributed by atoms with van der Waals surface area (Å²) < 4.78 is 12.6. The highest BCUT2D eigenvalue weighted by atomic mass is 16.7. The van der Waals surface area contributed by atoms with E-state index >= 15 is 0 Å². The van der Waals surface area contributed by atoms with E-state index in [0.717, 1.165) is 55.4 Å². The molecule has 2 heterocycles. The second-order valence-electron chi connectivity index (χ2n) is 12.2. The predicted octanol–water partition coefficient (Wildman–Crippen LogP) is 8.60. The number of hydrogen-bond acceptors (Lipinski definition) is 4. The molecule has 0 spiro atoms. The number of benzene rings is 5. The number of fused-ring (bicyclic) bond motifs is 1. The Bertz CT molecular complexity index is 1850. The fourth-order valence-corrected chi connectivity index (χ4v) is 5.55. The summed E-state index contributed by atoms with van der Waals surface area (Å²) in [5, 5.41) is 1.01. The number of nitrogens with zero attached hydrogens (tertiary/aromatic N) is 2. The van der Waals surface area contributed by atoms with E-state index in [9.17, 15) is 0 Å². The lowest BCUT2D eigenvalue weighted by molar-refractivity contribution is 0.00578. The zero-order valence-electron chi connectivity index (χ0n) is 24.9. The SMILES string of the molecule is CC1(C)OB(c2ccc(-c3nc(-c4cc(-c5ccccc5)cc(-c5ccccc5)c4)nc4ccccc34)cc2)OC1(C)C. The maximum Gasteiger partial charge on any atom is 0.494 e. The number of rotatable bonds is 5. The molecule has 1 aliphatic heterocycles. The molecular formula is C38H33BN2O2. The van der Waals surface area contributed by atoms with E-state index in [1.165, 1.54) is 0 Å². The van der Waals surface area contributed by atoms with Crippen LogP contribution in [0.1, 0.15) is 27.7 Å². The Kier molecular flexibility index (Phi) is 6.73. The van der Waals surface area contributed by atoms with Gasteiger partial charge in [-0.3, -0.25) is 0 Å². The fraction of sp³-hybridized carbons (Fsp3) is 0.158. The van der Waals surface area contributed by atoms with Crippen LogP contribution in [0.3, 0.4) is 0 Å². The third kappa shape index (κ3) is 5.16. The Morgan fingerprint density at radius 1 is 0.488 bits per heavy atom. The van der Waals surface area contributed by atoms with Gasteiger partial charge in [0.05, 0.1) is 22.4 Å². The minimum Gasteiger partial charge on any atom is -0.399 e. The van der Waals surface area contributed by atoms with Gasteiger partial charge in [0.1, 0.15) is 0 Å². The summed E-state index contributed by atoms with van der Waals surface area (Å²) in [4.78, 5) is 10.3. The normalized spacial score (nSPS) is 15.6. The second kappa shape index (κ2) is 10.6. The van der Waals surface area contributed by atoms with Gasteiger partial charge in [0.25, 0.3) is 0 Å². The van der Waals surface area contributed by atoms with Gasteiger partial charge >= 0.3 is 7.12 Å². The molecule has 4 nitrogen and oxygen atoms in total. The van der Waals surface area contributed by atoms with Gasteiger partial charge in [-0.2, -0.15) is 0 Å². The minimum atomic E-state index is -0.408. The molecule has 1 fully saturated rings. The molecule has 0 atom stereocenters. The Morgan fingerprint density at radius 3 is 1.58 bits per heavy atom. The van der Waals surface area contributed by atoms with E-state index in [-0.39, 0.29) is 11.2 Å². The van der Waals surface area contributed by atoms with Gasteiger partial charge in [-0.15, -0.1) is 0 Å². The first-order chi connectivity index (χ1) is 20.8.